The third-order valence-electron chi connectivity index (χ3n) is 4.36. The fraction of sp³-hybridized carbons (Fsp3) is 0.684. The summed E-state index contributed by atoms with van der Waals surface area (Å²) < 4.78 is 24.2. The van der Waals surface area contributed by atoms with Gasteiger partial charge in [-0.15, -0.1) is 0 Å². The Bertz CT molecular complexity index is 480. The molecule has 1 N–H and O–H groups in total. The van der Waals surface area contributed by atoms with Crippen molar-refractivity contribution < 1.29 is 19.0 Å². The van der Waals surface area contributed by atoms with E-state index in [1.165, 1.54) is 12.1 Å². The highest BCUT2D eigenvalue weighted by atomic mass is 19.1. The number of hydrogen-bond acceptors (Lipinski definition) is 4. The average Bonchev–Trinajstić information content (AvgIpc) is 2.54. The fourth-order valence-corrected chi connectivity index (χ4v) is 2.78. The Hall–Kier alpha value is -1.01. The number of aliphatic hydroxyl groups excluding tert-OH is 1. The van der Waals surface area contributed by atoms with Gasteiger partial charge in [-0.1, -0.05) is 12.1 Å². The number of rotatable bonds is 7. The molecule has 4 nitrogen and oxygen atoms in total. The van der Waals surface area contributed by atoms with E-state index < -0.39 is 6.10 Å². The van der Waals surface area contributed by atoms with Gasteiger partial charge >= 0.3 is 0 Å². The molecule has 5 heteroatoms. The number of halogens is 1. The van der Waals surface area contributed by atoms with Crippen LogP contribution in [0.4, 0.5) is 4.39 Å². The number of nitrogens with zero attached hydrogens (tertiary/aromatic N) is 1. The SMILES string of the molecule is CC(C)(C)N(Cc1ccc(F)cc1)CC(O)COC1CCOCC1. The van der Waals surface area contributed by atoms with Gasteiger partial charge in [0.25, 0.3) is 0 Å². The first-order valence-corrected chi connectivity index (χ1v) is 8.71. The molecule has 1 aliphatic rings. The van der Waals surface area contributed by atoms with Gasteiger partial charge in [0.05, 0.1) is 18.8 Å². The second-order valence-electron chi connectivity index (χ2n) is 7.48. The molecule has 0 amide bonds. The summed E-state index contributed by atoms with van der Waals surface area (Å²) in [7, 11) is 0. The lowest BCUT2D eigenvalue weighted by Gasteiger charge is -2.37. The first-order chi connectivity index (χ1) is 11.3. The summed E-state index contributed by atoms with van der Waals surface area (Å²) >= 11 is 0. The van der Waals surface area contributed by atoms with Gasteiger partial charge in [0.2, 0.25) is 0 Å². The molecule has 0 saturated carbocycles. The van der Waals surface area contributed by atoms with E-state index in [4.69, 9.17) is 9.47 Å². The predicted octanol–water partition coefficient (Wildman–Crippen LogP) is 2.98. The van der Waals surface area contributed by atoms with Gasteiger partial charge in [-0.05, 0) is 51.3 Å². The summed E-state index contributed by atoms with van der Waals surface area (Å²) in [5.74, 6) is -0.231. The summed E-state index contributed by atoms with van der Waals surface area (Å²) in [6.45, 7) is 9.33. The van der Waals surface area contributed by atoms with Crippen LogP contribution in [0.25, 0.3) is 0 Å². The molecule has 1 aliphatic heterocycles. The predicted molar refractivity (Wildman–Crippen MR) is 92.4 cm³/mol. The number of β-amino-alcohol motifs (C(OH)–C–C–N with tert-alkyl or cyclic N) is 1. The van der Waals surface area contributed by atoms with Gasteiger partial charge in [-0.25, -0.2) is 4.39 Å². The van der Waals surface area contributed by atoms with Gasteiger partial charge in [-0.2, -0.15) is 0 Å². The van der Waals surface area contributed by atoms with E-state index in [9.17, 15) is 9.50 Å². The van der Waals surface area contributed by atoms with Crippen molar-refractivity contribution in [3.05, 3.63) is 35.6 Å². The minimum absolute atomic E-state index is 0.103. The van der Waals surface area contributed by atoms with Crippen molar-refractivity contribution in [3.8, 4) is 0 Å². The first-order valence-electron chi connectivity index (χ1n) is 8.71. The van der Waals surface area contributed by atoms with Crippen molar-refractivity contribution in [2.75, 3.05) is 26.4 Å². The number of aliphatic hydroxyl groups is 1. The third kappa shape index (κ3) is 6.48. The van der Waals surface area contributed by atoms with Gasteiger partial charge in [-0.3, -0.25) is 4.90 Å². The molecule has 1 aromatic carbocycles. The standard InChI is InChI=1S/C19H30FNO3/c1-19(2,3)21(12-15-4-6-16(20)7-5-15)13-17(22)14-24-18-8-10-23-11-9-18/h4-7,17-18,22H,8-14H2,1-3H3. The second-order valence-corrected chi connectivity index (χ2v) is 7.48. The summed E-state index contributed by atoms with van der Waals surface area (Å²) in [6, 6.07) is 6.53. The highest BCUT2D eigenvalue weighted by Gasteiger charge is 2.25. The number of hydrogen-bond donors (Lipinski definition) is 1. The quantitative estimate of drug-likeness (QED) is 0.829. The second kappa shape index (κ2) is 8.90. The molecule has 1 saturated heterocycles. The van der Waals surface area contributed by atoms with Crippen LogP contribution < -0.4 is 0 Å². The minimum atomic E-state index is -0.549. The molecule has 1 aromatic rings. The smallest absolute Gasteiger partial charge is 0.123 e. The van der Waals surface area contributed by atoms with Gasteiger partial charge in [0.1, 0.15) is 5.82 Å². The summed E-state index contributed by atoms with van der Waals surface area (Å²) in [5.41, 5.74) is 0.928. The normalized spacial score (nSPS) is 18.1. The van der Waals surface area contributed by atoms with E-state index in [-0.39, 0.29) is 17.5 Å². The molecule has 1 unspecified atom stereocenters. The Labute approximate surface area is 144 Å². The Morgan fingerprint density at radius 2 is 1.88 bits per heavy atom. The number of ether oxygens (including phenoxy) is 2. The molecule has 24 heavy (non-hydrogen) atoms. The molecule has 0 aliphatic carbocycles. The Balaban J connectivity index is 1.86. The molecule has 0 spiro atoms. The lowest BCUT2D eigenvalue weighted by Crippen LogP contribution is -2.46. The molecule has 0 aromatic heterocycles. The molecule has 0 radical (unpaired) electrons. The van der Waals surface area contributed by atoms with Crippen LogP contribution >= 0.6 is 0 Å². The molecule has 1 fully saturated rings. The maximum Gasteiger partial charge on any atom is 0.123 e. The summed E-state index contributed by atoms with van der Waals surface area (Å²) in [4.78, 5) is 2.19. The average molecular weight is 339 g/mol. The van der Waals surface area contributed by atoms with E-state index in [0.29, 0.717) is 19.7 Å². The third-order valence-corrected chi connectivity index (χ3v) is 4.36. The fourth-order valence-electron chi connectivity index (χ4n) is 2.78. The lowest BCUT2D eigenvalue weighted by molar-refractivity contribution is -0.0692. The van der Waals surface area contributed by atoms with E-state index in [0.717, 1.165) is 31.6 Å². The first kappa shape index (κ1) is 19.3. The number of benzene rings is 1. The van der Waals surface area contributed by atoms with Crippen molar-refractivity contribution >= 4 is 0 Å². The van der Waals surface area contributed by atoms with Crippen LogP contribution in [0.5, 0.6) is 0 Å². The van der Waals surface area contributed by atoms with Gasteiger partial charge in [0, 0.05) is 31.8 Å². The largest absolute Gasteiger partial charge is 0.389 e. The highest BCUT2D eigenvalue weighted by molar-refractivity contribution is 5.16. The van der Waals surface area contributed by atoms with Crippen LogP contribution in [0.1, 0.15) is 39.2 Å². The molecular weight excluding hydrogens is 309 g/mol. The molecule has 2 rings (SSSR count). The molecule has 1 heterocycles. The lowest BCUT2D eigenvalue weighted by atomic mass is 10.0. The van der Waals surface area contributed by atoms with E-state index >= 15 is 0 Å². The van der Waals surface area contributed by atoms with Crippen LogP contribution in [0.3, 0.4) is 0 Å². The Kier molecular flexibility index (Phi) is 7.16. The van der Waals surface area contributed by atoms with Crippen LogP contribution in [-0.2, 0) is 16.0 Å². The van der Waals surface area contributed by atoms with E-state index in [1.54, 1.807) is 12.1 Å². The van der Waals surface area contributed by atoms with Crippen LogP contribution in [-0.4, -0.2) is 54.1 Å². The van der Waals surface area contributed by atoms with Gasteiger partial charge < -0.3 is 14.6 Å². The zero-order chi connectivity index (χ0) is 17.6. The van der Waals surface area contributed by atoms with Gasteiger partial charge in [0.15, 0.2) is 0 Å². The summed E-state index contributed by atoms with van der Waals surface area (Å²) in [6.07, 6.45) is 1.43. The zero-order valence-corrected chi connectivity index (χ0v) is 15.0. The van der Waals surface area contributed by atoms with Crippen LogP contribution in [0, 0.1) is 5.82 Å². The maximum absolute atomic E-state index is 13.1. The van der Waals surface area contributed by atoms with E-state index in [1.807, 2.05) is 0 Å². The van der Waals surface area contributed by atoms with Crippen molar-refractivity contribution in [1.82, 2.24) is 4.90 Å². The Morgan fingerprint density at radius 1 is 1.25 bits per heavy atom. The highest BCUT2D eigenvalue weighted by Crippen LogP contribution is 2.19. The van der Waals surface area contributed by atoms with Crippen molar-refractivity contribution in [2.24, 2.45) is 0 Å². The van der Waals surface area contributed by atoms with E-state index in [2.05, 4.69) is 25.7 Å². The zero-order valence-electron chi connectivity index (χ0n) is 15.0. The molecule has 1 atom stereocenters. The van der Waals surface area contributed by atoms with Crippen LogP contribution in [0.15, 0.2) is 24.3 Å². The monoisotopic (exact) mass is 339 g/mol. The molecule has 0 bridgehead atoms. The maximum atomic E-state index is 13.1. The van der Waals surface area contributed by atoms with Crippen molar-refractivity contribution in [2.45, 2.75) is 57.9 Å². The molecule has 136 valence electrons. The minimum Gasteiger partial charge on any atom is -0.389 e. The van der Waals surface area contributed by atoms with Crippen LogP contribution in [0.2, 0.25) is 0 Å². The summed E-state index contributed by atoms with van der Waals surface area (Å²) in [5, 5.41) is 10.4. The molecular formula is C19H30FNO3. The topological polar surface area (TPSA) is 41.9 Å². The van der Waals surface area contributed by atoms with Crippen molar-refractivity contribution in [1.29, 1.82) is 0 Å². The van der Waals surface area contributed by atoms with Crippen molar-refractivity contribution in [3.63, 3.8) is 0 Å². The Morgan fingerprint density at radius 3 is 2.46 bits per heavy atom.